The maximum atomic E-state index is 5.46. The number of thiophene rings is 1. The molecule has 5 heterocycles. The third kappa shape index (κ3) is 5.14. The van der Waals surface area contributed by atoms with Crippen molar-refractivity contribution in [1.82, 2.24) is 19.9 Å². The molecule has 0 aliphatic rings. The SMILES string of the molecule is c1ccc(-c2cc(-c3cccc(-c4ccc5c(c4)nc(-c4cccc6ccccc46)c4sc6ccccc6c45)c3)cc(-c3ccccn3)n2)nc1. The maximum absolute atomic E-state index is 5.46. The fourth-order valence-electron chi connectivity index (χ4n) is 7.15. The van der Waals surface area contributed by atoms with Gasteiger partial charge in [-0.3, -0.25) is 9.97 Å². The lowest BCUT2D eigenvalue weighted by Gasteiger charge is -2.12. The monoisotopic (exact) mass is 668 g/mol. The summed E-state index contributed by atoms with van der Waals surface area (Å²) >= 11 is 1.83. The van der Waals surface area contributed by atoms with Crippen LogP contribution in [0.1, 0.15) is 0 Å². The summed E-state index contributed by atoms with van der Waals surface area (Å²) in [4.78, 5) is 19.7. The Bertz CT molecular complexity index is 2850. The first kappa shape index (κ1) is 29.4. The summed E-state index contributed by atoms with van der Waals surface area (Å²) in [6.07, 6.45) is 3.60. The molecule has 0 aliphatic heterocycles. The summed E-state index contributed by atoms with van der Waals surface area (Å²) in [6, 6.07) is 55.3. The Hall–Kier alpha value is -6.56. The van der Waals surface area contributed by atoms with Gasteiger partial charge in [0, 0.05) is 38.8 Å². The van der Waals surface area contributed by atoms with Gasteiger partial charge in [-0.25, -0.2) is 9.97 Å². The summed E-state index contributed by atoms with van der Waals surface area (Å²) in [7, 11) is 0. The lowest BCUT2D eigenvalue weighted by molar-refractivity contribution is 1.22. The molecule has 10 aromatic rings. The van der Waals surface area contributed by atoms with Gasteiger partial charge in [0.25, 0.3) is 0 Å². The molecule has 0 bridgehead atoms. The van der Waals surface area contributed by atoms with Crippen molar-refractivity contribution in [2.24, 2.45) is 0 Å². The van der Waals surface area contributed by atoms with Crippen molar-refractivity contribution in [2.45, 2.75) is 0 Å². The third-order valence-electron chi connectivity index (χ3n) is 9.56. The fourth-order valence-corrected chi connectivity index (χ4v) is 8.37. The molecule has 0 amide bonds. The van der Waals surface area contributed by atoms with E-state index in [2.05, 4.69) is 131 Å². The largest absolute Gasteiger partial charge is 0.255 e. The number of hydrogen-bond acceptors (Lipinski definition) is 5. The van der Waals surface area contributed by atoms with Gasteiger partial charge < -0.3 is 0 Å². The average molecular weight is 669 g/mol. The Morgan fingerprint density at radius 2 is 1.06 bits per heavy atom. The summed E-state index contributed by atoms with van der Waals surface area (Å²) in [6.45, 7) is 0. The zero-order chi connectivity index (χ0) is 33.7. The van der Waals surface area contributed by atoms with Crippen LogP contribution in [0.3, 0.4) is 0 Å². The molecule has 238 valence electrons. The second-order valence-electron chi connectivity index (χ2n) is 12.7. The first-order valence-electron chi connectivity index (χ1n) is 17.0. The number of rotatable bonds is 5. The maximum Gasteiger partial charge on any atom is 0.0900 e. The summed E-state index contributed by atoms with van der Waals surface area (Å²) in [5.41, 5.74) is 10.8. The van der Waals surface area contributed by atoms with Gasteiger partial charge in [0.1, 0.15) is 0 Å². The molecule has 51 heavy (non-hydrogen) atoms. The molecule has 0 fully saturated rings. The fraction of sp³-hybridized carbons (Fsp3) is 0. The molecule has 4 nitrogen and oxygen atoms in total. The van der Waals surface area contributed by atoms with Gasteiger partial charge in [0.05, 0.1) is 38.7 Å². The Balaban J connectivity index is 1.15. The number of pyridine rings is 4. The molecule has 0 atom stereocenters. The van der Waals surface area contributed by atoms with E-state index in [1.54, 1.807) is 12.4 Å². The number of hydrogen-bond donors (Lipinski definition) is 0. The highest BCUT2D eigenvalue weighted by molar-refractivity contribution is 7.26. The average Bonchev–Trinajstić information content (AvgIpc) is 3.61. The van der Waals surface area contributed by atoms with E-state index < -0.39 is 0 Å². The van der Waals surface area contributed by atoms with E-state index in [9.17, 15) is 0 Å². The minimum absolute atomic E-state index is 0.807. The van der Waals surface area contributed by atoms with E-state index >= 15 is 0 Å². The van der Waals surface area contributed by atoms with Crippen LogP contribution in [0.4, 0.5) is 0 Å². The molecular formula is C46H28N4S. The van der Waals surface area contributed by atoms with Crippen molar-refractivity contribution >= 4 is 53.2 Å². The normalized spacial score (nSPS) is 11.5. The number of aromatic nitrogens is 4. The molecule has 10 rings (SSSR count). The molecule has 0 saturated carbocycles. The van der Waals surface area contributed by atoms with Crippen molar-refractivity contribution < 1.29 is 0 Å². The molecular weight excluding hydrogens is 641 g/mol. The van der Waals surface area contributed by atoms with Gasteiger partial charge in [-0.2, -0.15) is 0 Å². The second kappa shape index (κ2) is 12.1. The summed E-state index contributed by atoms with van der Waals surface area (Å²) < 4.78 is 2.49. The third-order valence-corrected chi connectivity index (χ3v) is 10.7. The molecule has 5 aromatic heterocycles. The molecule has 0 saturated heterocycles. The van der Waals surface area contributed by atoms with Crippen LogP contribution in [-0.2, 0) is 0 Å². The minimum atomic E-state index is 0.807. The van der Waals surface area contributed by atoms with Gasteiger partial charge in [-0.1, -0.05) is 103 Å². The van der Waals surface area contributed by atoms with Crippen LogP contribution >= 0.6 is 11.3 Å². The van der Waals surface area contributed by atoms with Crippen LogP contribution in [-0.4, -0.2) is 19.9 Å². The zero-order valence-corrected chi connectivity index (χ0v) is 28.2. The predicted molar refractivity (Wildman–Crippen MR) is 213 cm³/mol. The molecule has 0 unspecified atom stereocenters. The van der Waals surface area contributed by atoms with Crippen LogP contribution in [0.25, 0.3) is 98.1 Å². The number of benzene rings is 5. The lowest BCUT2D eigenvalue weighted by atomic mass is 9.95. The smallest absolute Gasteiger partial charge is 0.0900 e. The summed E-state index contributed by atoms with van der Waals surface area (Å²) in [5.74, 6) is 0. The Labute approximate surface area is 298 Å². The molecule has 0 N–H and O–H groups in total. The molecule has 0 aliphatic carbocycles. The van der Waals surface area contributed by atoms with Crippen LogP contribution in [0.2, 0.25) is 0 Å². The molecule has 5 aromatic carbocycles. The van der Waals surface area contributed by atoms with E-state index in [4.69, 9.17) is 9.97 Å². The van der Waals surface area contributed by atoms with E-state index in [0.29, 0.717) is 0 Å². The quantitative estimate of drug-likeness (QED) is 0.183. The Kier molecular flexibility index (Phi) is 6.96. The van der Waals surface area contributed by atoms with E-state index in [1.165, 1.54) is 36.3 Å². The van der Waals surface area contributed by atoms with Crippen molar-refractivity contribution in [3.8, 4) is 56.3 Å². The number of nitrogens with zero attached hydrogens (tertiary/aromatic N) is 4. The molecule has 5 heteroatoms. The standard InChI is InChI=1S/C46H28N4S/c1-2-15-34-29(11-1)12-10-17-35(34)45-46-44(37-16-3-4-20-43(37)51-46)36-22-21-32(26-40(36)50-45)30-13-9-14-31(25-30)33-27-41(38-18-5-7-23-47-38)49-42(28-33)39-19-6-8-24-48-39/h1-28H. The second-order valence-corrected chi connectivity index (χ2v) is 13.7. The van der Waals surface area contributed by atoms with Crippen LogP contribution in [0.5, 0.6) is 0 Å². The highest BCUT2D eigenvalue weighted by atomic mass is 32.1. The van der Waals surface area contributed by atoms with E-state index in [-0.39, 0.29) is 0 Å². The minimum Gasteiger partial charge on any atom is -0.255 e. The van der Waals surface area contributed by atoms with Crippen molar-refractivity contribution in [3.05, 3.63) is 170 Å². The highest BCUT2D eigenvalue weighted by Crippen LogP contribution is 2.44. The lowest BCUT2D eigenvalue weighted by Crippen LogP contribution is -1.94. The van der Waals surface area contributed by atoms with E-state index in [1.807, 2.05) is 47.7 Å². The van der Waals surface area contributed by atoms with Crippen LogP contribution in [0.15, 0.2) is 170 Å². The Morgan fingerprint density at radius 1 is 0.412 bits per heavy atom. The van der Waals surface area contributed by atoms with Gasteiger partial charge in [0.2, 0.25) is 0 Å². The molecule has 0 radical (unpaired) electrons. The zero-order valence-electron chi connectivity index (χ0n) is 27.4. The number of fused-ring (bicyclic) bond motifs is 6. The van der Waals surface area contributed by atoms with Gasteiger partial charge in [-0.05, 0) is 87.6 Å². The van der Waals surface area contributed by atoms with Crippen molar-refractivity contribution in [3.63, 3.8) is 0 Å². The van der Waals surface area contributed by atoms with Crippen molar-refractivity contribution in [1.29, 1.82) is 0 Å². The predicted octanol–water partition coefficient (Wildman–Crippen LogP) is 12.3. The topological polar surface area (TPSA) is 51.6 Å². The Morgan fingerprint density at radius 3 is 1.82 bits per heavy atom. The first-order chi connectivity index (χ1) is 25.3. The molecule has 0 spiro atoms. The van der Waals surface area contributed by atoms with Gasteiger partial charge >= 0.3 is 0 Å². The summed E-state index contributed by atoms with van der Waals surface area (Å²) in [5, 5.41) is 6.13. The van der Waals surface area contributed by atoms with Crippen LogP contribution in [0, 0.1) is 0 Å². The van der Waals surface area contributed by atoms with Gasteiger partial charge in [0.15, 0.2) is 0 Å². The van der Waals surface area contributed by atoms with Crippen molar-refractivity contribution in [2.75, 3.05) is 0 Å². The first-order valence-corrected chi connectivity index (χ1v) is 17.8. The van der Waals surface area contributed by atoms with Crippen LogP contribution < -0.4 is 0 Å². The van der Waals surface area contributed by atoms with E-state index in [0.717, 1.165) is 61.8 Å². The highest BCUT2D eigenvalue weighted by Gasteiger charge is 2.18. The van der Waals surface area contributed by atoms with Gasteiger partial charge in [-0.15, -0.1) is 11.3 Å².